The van der Waals surface area contributed by atoms with E-state index in [4.69, 9.17) is 0 Å². The molecule has 0 saturated carbocycles. The average Bonchev–Trinajstić information content (AvgIpc) is 2.58. The number of hydrogen-bond acceptors (Lipinski definition) is 0. The lowest BCUT2D eigenvalue weighted by Crippen LogP contribution is -2.35. The van der Waals surface area contributed by atoms with E-state index in [9.17, 15) is 0 Å². The molecule has 23 heavy (non-hydrogen) atoms. The lowest BCUT2D eigenvalue weighted by atomic mass is 9.62. The van der Waals surface area contributed by atoms with Gasteiger partial charge in [-0.3, -0.25) is 0 Å². The third kappa shape index (κ3) is 5.66. The van der Waals surface area contributed by atoms with E-state index in [1.54, 1.807) is 5.56 Å². The van der Waals surface area contributed by atoms with Crippen molar-refractivity contribution in [1.29, 1.82) is 0 Å². The summed E-state index contributed by atoms with van der Waals surface area (Å²) in [7, 11) is 0. The molecule has 1 unspecified atom stereocenters. The van der Waals surface area contributed by atoms with E-state index in [1.807, 2.05) is 0 Å². The minimum Gasteiger partial charge on any atom is -0.0654 e. The standard InChI is InChI=1S/C23H40/c1-6-10-13-21(9-4)23(18-11-7-2,19-12-8-3)22-16-14-20(5)15-17-22/h14-17,21H,6-13,18-19H2,1-5H3. The zero-order chi connectivity index (χ0) is 17.1. The molecule has 0 radical (unpaired) electrons. The zero-order valence-electron chi connectivity index (χ0n) is 16.5. The molecule has 0 aromatic heterocycles. The van der Waals surface area contributed by atoms with Gasteiger partial charge in [0.2, 0.25) is 0 Å². The van der Waals surface area contributed by atoms with Crippen LogP contribution in [0, 0.1) is 12.8 Å². The molecule has 1 atom stereocenters. The quantitative estimate of drug-likeness (QED) is 0.368. The average molecular weight is 317 g/mol. The normalized spacial score (nSPS) is 13.3. The second-order valence-corrected chi connectivity index (χ2v) is 7.48. The number of benzene rings is 1. The molecule has 0 heterocycles. The fourth-order valence-corrected chi connectivity index (χ4v) is 4.25. The minimum absolute atomic E-state index is 0.406. The van der Waals surface area contributed by atoms with E-state index in [2.05, 4.69) is 58.9 Å². The second kappa shape index (κ2) is 10.9. The summed E-state index contributed by atoms with van der Waals surface area (Å²) in [5.74, 6) is 0.836. The van der Waals surface area contributed by atoms with Gasteiger partial charge >= 0.3 is 0 Å². The van der Waals surface area contributed by atoms with Gasteiger partial charge in [0.25, 0.3) is 0 Å². The van der Waals surface area contributed by atoms with Crippen molar-refractivity contribution in [3.8, 4) is 0 Å². The van der Waals surface area contributed by atoms with Gasteiger partial charge < -0.3 is 0 Å². The fourth-order valence-electron chi connectivity index (χ4n) is 4.25. The predicted molar refractivity (Wildman–Crippen MR) is 105 cm³/mol. The maximum absolute atomic E-state index is 2.44. The Morgan fingerprint density at radius 2 is 1.30 bits per heavy atom. The monoisotopic (exact) mass is 316 g/mol. The van der Waals surface area contributed by atoms with Crippen LogP contribution in [0.4, 0.5) is 0 Å². The second-order valence-electron chi connectivity index (χ2n) is 7.48. The number of hydrogen-bond donors (Lipinski definition) is 0. The first-order valence-corrected chi connectivity index (χ1v) is 10.2. The number of rotatable bonds is 12. The predicted octanol–water partition coefficient (Wildman–Crippen LogP) is 7.83. The van der Waals surface area contributed by atoms with E-state index >= 15 is 0 Å². The summed E-state index contributed by atoms with van der Waals surface area (Å²) < 4.78 is 0. The lowest BCUT2D eigenvalue weighted by molar-refractivity contribution is 0.196. The molecule has 1 aromatic carbocycles. The Kier molecular flexibility index (Phi) is 9.60. The summed E-state index contributed by atoms with van der Waals surface area (Å²) in [6.07, 6.45) is 13.5. The van der Waals surface area contributed by atoms with Gasteiger partial charge in [0.15, 0.2) is 0 Å². The van der Waals surface area contributed by atoms with Crippen LogP contribution in [-0.4, -0.2) is 0 Å². The van der Waals surface area contributed by atoms with Gasteiger partial charge in [0, 0.05) is 0 Å². The molecule has 1 aromatic rings. The maximum Gasteiger partial charge on any atom is -0.00189 e. The largest absolute Gasteiger partial charge is 0.0654 e. The lowest BCUT2D eigenvalue weighted by Gasteiger charge is -2.42. The summed E-state index contributed by atoms with van der Waals surface area (Å²) in [4.78, 5) is 0. The SMILES string of the molecule is CCCCC(CC)C(CCCC)(CCCC)c1ccc(C)cc1. The number of aryl methyl sites for hydroxylation is 1. The highest BCUT2D eigenvalue weighted by molar-refractivity contribution is 5.30. The van der Waals surface area contributed by atoms with Crippen LogP contribution in [0.2, 0.25) is 0 Å². The van der Waals surface area contributed by atoms with Crippen LogP contribution in [-0.2, 0) is 5.41 Å². The smallest absolute Gasteiger partial charge is 0.00189 e. The summed E-state index contributed by atoms with van der Waals surface area (Å²) >= 11 is 0. The van der Waals surface area contributed by atoms with E-state index < -0.39 is 0 Å². The molecule has 0 spiro atoms. The summed E-state index contributed by atoms with van der Waals surface area (Å²) in [5.41, 5.74) is 3.41. The van der Waals surface area contributed by atoms with Crippen LogP contribution < -0.4 is 0 Å². The van der Waals surface area contributed by atoms with Crippen molar-refractivity contribution in [2.24, 2.45) is 5.92 Å². The van der Waals surface area contributed by atoms with Gasteiger partial charge in [-0.1, -0.05) is 102 Å². The van der Waals surface area contributed by atoms with Crippen LogP contribution in [0.1, 0.15) is 103 Å². The van der Waals surface area contributed by atoms with Crippen molar-refractivity contribution in [2.45, 2.75) is 104 Å². The molecule has 0 aliphatic carbocycles. The van der Waals surface area contributed by atoms with Crippen molar-refractivity contribution < 1.29 is 0 Å². The first-order chi connectivity index (χ1) is 11.1. The van der Waals surface area contributed by atoms with E-state index in [1.165, 1.54) is 69.8 Å². The third-order valence-electron chi connectivity index (χ3n) is 5.76. The highest BCUT2D eigenvalue weighted by Gasteiger charge is 2.37. The van der Waals surface area contributed by atoms with Crippen LogP contribution in [0.25, 0.3) is 0 Å². The van der Waals surface area contributed by atoms with Gasteiger partial charge in [-0.15, -0.1) is 0 Å². The van der Waals surface area contributed by atoms with Gasteiger partial charge in [-0.25, -0.2) is 0 Å². The van der Waals surface area contributed by atoms with Gasteiger partial charge in [-0.05, 0) is 43.1 Å². The topological polar surface area (TPSA) is 0 Å². The van der Waals surface area contributed by atoms with Gasteiger partial charge in [0.05, 0.1) is 0 Å². The number of unbranched alkanes of at least 4 members (excludes halogenated alkanes) is 3. The van der Waals surface area contributed by atoms with Crippen LogP contribution in [0.3, 0.4) is 0 Å². The maximum atomic E-state index is 2.44. The molecule has 0 nitrogen and oxygen atoms in total. The van der Waals surface area contributed by atoms with E-state index in [0.717, 1.165) is 5.92 Å². The summed E-state index contributed by atoms with van der Waals surface area (Å²) in [5, 5.41) is 0. The van der Waals surface area contributed by atoms with Crippen LogP contribution in [0.5, 0.6) is 0 Å². The molecule has 0 aliphatic heterocycles. The third-order valence-corrected chi connectivity index (χ3v) is 5.76. The Labute approximate surface area is 146 Å². The minimum atomic E-state index is 0.406. The van der Waals surface area contributed by atoms with Crippen molar-refractivity contribution in [3.05, 3.63) is 35.4 Å². The van der Waals surface area contributed by atoms with Crippen molar-refractivity contribution >= 4 is 0 Å². The van der Waals surface area contributed by atoms with Gasteiger partial charge in [0.1, 0.15) is 0 Å². The van der Waals surface area contributed by atoms with Crippen molar-refractivity contribution in [1.82, 2.24) is 0 Å². The van der Waals surface area contributed by atoms with Crippen LogP contribution >= 0.6 is 0 Å². The Morgan fingerprint density at radius 1 is 0.783 bits per heavy atom. The molecule has 0 bridgehead atoms. The van der Waals surface area contributed by atoms with Crippen molar-refractivity contribution in [2.75, 3.05) is 0 Å². The summed E-state index contributed by atoms with van der Waals surface area (Å²) in [6, 6.07) is 9.54. The first kappa shape index (κ1) is 20.3. The molecule has 132 valence electrons. The molecule has 0 aliphatic rings. The molecule has 0 fully saturated rings. The molecule has 0 N–H and O–H groups in total. The zero-order valence-corrected chi connectivity index (χ0v) is 16.5. The molecule has 0 amide bonds. The molecular weight excluding hydrogens is 276 g/mol. The molecule has 0 heteroatoms. The Morgan fingerprint density at radius 3 is 1.74 bits per heavy atom. The molecule has 0 saturated heterocycles. The first-order valence-electron chi connectivity index (χ1n) is 10.2. The highest BCUT2D eigenvalue weighted by atomic mass is 14.4. The van der Waals surface area contributed by atoms with Crippen molar-refractivity contribution in [3.63, 3.8) is 0 Å². The van der Waals surface area contributed by atoms with Gasteiger partial charge in [-0.2, -0.15) is 0 Å². The molecular formula is C23H40. The van der Waals surface area contributed by atoms with E-state index in [0.29, 0.717) is 5.41 Å². The Balaban J connectivity index is 3.22. The Hall–Kier alpha value is -0.780. The Bertz CT molecular complexity index is 393. The fraction of sp³-hybridized carbons (Fsp3) is 0.739. The molecule has 1 rings (SSSR count). The highest BCUT2D eigenvalue weighted by Crippen LogP contribution is 2.45. The van der Waals surface area contributed by atoms with E-state index in [-0.39, 0.29) is 0 Å². The van der Waals surface area contributed by atoms with Crippen LogP contribution in [0.15, 0.2) is 24.3 Å². The summed E-state index contributed by atoms with van der Waals surface area (Å²) in [6.45, 7) is 11.6.